The summed E-state index contributed by atoms with van der Waals surface area (Å²) in [5, 5.41) is 1.09. The second-order valence-electron chi connectivity index (χ2n) is 8.25. The first kappa shape index (κ1) is 19.0. The number of morpholine rings is 1. The highest BCUT2D eigenvalue weighted by atomic mass is 32.1. The third-order valence-electron chi connectivity index (χ3n) is 6.32. The molecule has 3 aliphatic rings. The number of thiazole rings is 1. The van der Waals surface area contributed by atoms with Crippen molar-refractivity contribution in [2.45, 2.75) is 25.9 Å². The molecule has 0 saturated carbocycles. The Bertz CT molecular complexity index is 854. The maximum atomic E-state index is 13.2. The van der Waals surface area contributed by atoms with Crippen molar-refractivity contribution in [2.75, 3.05) is 50.8 Å². The van der Waals surface area contributed by atoms with E-state index < -0.39 is 0 Å². The minimum Gasteiger partial charge on any atom is -0.378 e. The zero-order valence-electron chi connectivity index (χ0n) is 16.6. The molecule has 1 spiro atoms. The number of carbonyl (C=O) groups excluding carboxylic acids is 1. The number of aromatic nitrogens is 2. The van der Waals surface area contributed by atoms with E-state index in [9.17, 15) is 4.79 Å². The number of carbonyl (C=O) groups is 1. The van der Waals surface area contributed by atoms with Crippen LogP contribution in [0.1, 0.15) is 23.4 Å². The monoisotopic (exact) mass is 413 g/mol. The lowest BCUT2D eigenvalue weighted by Gasteiger charge is -2.26. The first-order valence-electron chi connectivity index (χ1n) is 10.4. The minimum atomic E-state index is -0.202. The molecule has 1 unspecified atom stereocenters. The Kier molecular flexibility index (Phi) is 5.24. The van der Waals surface area contributed by atoms with Crippen molar-refractivity contribution in [2.24, 2.45) is 5.41 Å². The van der Waals surface area contributed by atoms with Crippen LogP contribution in [0, 0.1) is 5.41 Å². The van der Waals surface area contributed by atoms with Crippen LogP contribution in [0.25, 0.3) is 0 Å². The largest absolute Gasteiger partial charge is 0.378 e. The number of pyridine rings is 1. The van der Waals surface area contributed by atoms with Crippen LogP contribution in [-0.2, 0) is 22.6 Å². The predicted octanol–water partition coefficient (Wildman–Crippen LogP) is 2.00. The molecule has 1 atom stereocenters. The van der Waals surface area contributed by atoms with Crippen LogP contribution in [-0.4, -0.2) is 71.6 Å². The zero-order chi connectivity index (χ0) is 19.7. The summed E-state index contributed by atoms with van der Waals surface area (Å²) in [6.07, 6.45) is 5.71. The maximum Gasteiger partial charge on any atom is 0.230 e. The molecule has 3 aliphatic heterocycles. The highest BCUT2D eigenvalue weighted by Gasteiger charge is 2.50. The molecule has 8 heteroatoms. The third-order valence-corrected chi connectivity index (χ3v) is 7.36. The highest BCUT2D eigenvalue weighted by molar-refractivity contribution is 7.15. The fourth-order valence-corrected chi connectivity index (χ4v) is 5.70. The number of hydrogen-bond acceptors (Lipinski definition) is 7. The SMILES string of the molecule is O=C1N(Cc2ccccn2)CCC12CCN(Cc1cnc(N3CCOCC3)s1)C2. The molecule has 1 amide bonds. The lowest BCUT2D eigenvalue weighted by molar-refractivity contribution is -0.136. The van der Waals surface area contributed by atoms with Crippen LogP contribution in [0.2, 0.25) is 0 Å². The summed E-state index contributed by atoms with van der Waals surface area (Å²) >= 11 is 1.77. The number of anilines is 1. The van der Waals surface area contributed by atoms with Crippen molar-refractivity contribution >= 4 is 22.4 Å². The number of hydrogen-bond donors (Lipinski definition) is 0. The predicted molar refractivity (Wildman–Crippen MR) is 112 cm³/mol. The minimum absolute atomic E-state index is 0.202. The second-order valence-corrected chi connectivity index (χ2v) is 9.34. The fourth-order valence-electron chi connectivity index (χ4n) is 4.69. The maximum absolute atomic E-state index is 13.2. The van der Waals surface area contributed by atoms with Gasteiger partial charge in [0.05, 0.1) is 30.9 Å². The van der Waals surface area contributed by atoms with E-state index in [1.54, 1.807) is 17.5 Å². The van der Waals surface area contributed by atoms with Gasteiger partial charge in [-0.1, -0.05) is 6.07 Å². The first-order chi connectivity index (χ1) is 14.2. The Hall–Kier alpha value is -2.03. The van der Waals surface area contributed by atoms with Gasteiger partial charge in [-0.15, -0.1) is 11.3 Å². The molecule has 0 aliphatic carbocycles. The van der Waals surface area contributed by atoms with Crippen LogP contribution >= 0.6 is 11.3 Å². The van der Waals surface area contributed by atoms with Crippen molar-refractivity contribution in [3.63, 3.8) is 0 Å². The lowest BCUT2D eigenvalue weighted by Crippen LogP contribution is -2.36. The van der Waals surface area contributed by atoms with Gasteiger partial charge in [0, 0.05) is 50.0 Å². The smallest absolute Gasteiger partial charge is 0.230 e. The Labute approximate surface area is 175 Å². The molecule has 0 bridgehead atoms. The molecule has 7 nitrogen and oxygen atoms in total. The van der Waals surface area contributed by atoms with Gasteiger partial charge in [0.2, 0.25) is 5.91 Å². The van der Waals surface area contributed by atoms with E-state index in [1.165, 1.54) is 4.88 Å². The lowest BCUT2D eigenvalue weighted by atomic mass is 9.85. The summed E-state index contributed by atoms with van der Waals surface area (Å²) in [4.78, 5) is 30.2. The summed E-state index contributed by atoms with van der Waals surface area (Å²) in [6.45, 7) is 7.58. The molecule has 5 heterocycles. The Morgan fingerprint density at radius 2 is 1.93 bits per heavy atom. The number of likely N-dealkylation sites (tertiary alicyclic amines) is 2. The van der Waals surface area contributed by atoms with E-state index in [2.05, 4.69) is 19.8 Å². The van der Waals surface area contributed by atoms with Gasteiger partial charge in [0.1, 0.15) is 0 Å². The molecule has 0 aromatic carbocycles. The Balaban J connectivity index is 1.19. The van der Waals surface area contributed by atoms with Crippen molar-refractivity contribution in [3.05, 3.63) is 41.2 Å². The van der Waals surface area contributed by atoms with Crippen LogP contribution < -0.4 is 4.90 Å². The standard InChI is InChI=1S/C21H27N5O2S/c27-19-21(5-8-26(19)14-17-3-1-2-6-22-17)4-7-24(16-21)15-18-13-23-20(29-18)25-9-11-28-12-10-25/h1-3,6,13H,4-5,7-12,14-16H2. The Morgan fingerprint density at radius 1 is 1.07 bits per heavy atom. The van der Waals surface area contributed by atoms with Crippen molar-refractivity contribution in [1.82, 2.24) is 19.8 Å². The first-order valence-corrected chi connectivity index (χ1v) is 11.2. The average molecular weight is 414 g/mol. The third kappa shape index (κ3) is 3.89. The normalized spacial score (nSPS) is 25.4. The van der Waals surface area contributed by atoms with Gasteiger partial charge in [0.15, 0.2) is 5.13 Å². The van der Waals surface area contributed by atoms with E-state index in [0.717, 1.165) is 76.1 Å². The van der Waals surface area contributed by atoms with Crippen LogP contribution in [0.4, 0.5) is 5.13 Å². The highest BCUT2D eigenvalue weighted by Crippen LogP contribution is 2.41. The van der Waals surface area contributed by atoms with Crippen molar-refractivity contribution in [1.29, 1.82) is 0 Å². The summed E-state index contributed by atoms with van der Waals surface area (Å²) < 4.78 is 5.43. The summed E-state index contributed by atoms with van der Waals surface area (Å²) in [5.74, 6) is 0.309. The van der Waals surface area contributed by atoms with Gasteiger partial charge >= 0.3 is 0 Å². The van der Waals surface area contributed by atoms with E-state index in [0.29, 0.717) is 12.5 Å². The second kappa shape index (κ2) is 8.01. The molecule has 2 aromatic heterocycles. The molecule has 5 rings (SSSR count). The molecule has 3 fully saturated rings. The zero-order valence-corrected chi connectivity index (χ0v) is 17.4. The Morgan fingerprint density at radius 3 is 2.76 bits per heavy atom. The molecule has 2 aromatic rings. The van der Waals surface area contributed by atoms with Gasteiger partial charge in [-0.05, 0) is 31.5 Å². The summed E-state index contributed by atoms with van der Waals surface area (Å²) in [7, 11) is 0. The quantitative estimate of drug-likeness (QED) is 0.747. The molecule has 3 saturated heterocycles. The molecular weight excluding hydrogens is 386 g/mol. The summed E-state index contributed by atoms with van der Waals surface area (Å²) in [5.41, 5.74) is 0.764. The van der Waals surface area contributed by atoms with Gasteiger partial charge in [-0.3, -0.25) is 14.7 Å². The van der Waals surface area contributed by atoms with E-state index in [-0.39, 0.29) is 5.41 Å². The number of ether oxygens (including phenoxy) is 1. The molecule has 29 heavy (non-hydrogen) atoms. The number of amides is 1. The van der Waals surface area contributed by atoms with Crippen LogP contribution in [0.3, 0.4) is 0 Å². The number of rotatable bonds is 5. The van der Waals surface area contributed by atoms with Gasteiger partial charge in [-0.25, -0.2) is 4.98 Å². The van der Waals surface area contributed by atoms with E-state index in [4.69, 9.17) is 4.74 Å². The van der Waals surface area contributed by atoms with Crippen LogP contribution in [0.15, 0.2) is 30.6 Å². The molecule has 154 valence electrons. The van der Waals surface area contributed by atoms with E-state index in [1.807, 2.05) is 29.3 Å². The average Bonchev–Trinajstić information content (AvgIpc) is 3.47. The van der Waals surface area contributed by atoms with Gasteiger partial charge in [0.25, 0.3) is 0 Å². The van der Waals surface area contributed by atoms with Crippen molar-refractivity contribution in [3.8, 4) is 0 Å². The molecular formula is C21H27N5O2S. The van der Waals surface area contributed by atoms with Gasteiger partial charge in [-0.2, -0.15) is 0 Å². The van der Waals surface area contributed by atoms with Crippen molar-refractivity contribution < 1.29 is 9.53 Å². The van der Waals surface area contributed by atoms with Gasteiger partial charge < -0.3 is 14.5 Å². The number of nitrogens with zero attached hydrogens (tertiary/aromatic N) is 5. The molecule has 0 N–H and O–H groups in total. The van der Waals surface area contributed by atoms with E-state index >= 15 is 0 Å². The summed E-state index contributed by atoms with van der Waals surface area (Å²) in [6, 6.07) is 5.89. The van der Waals surface area contributed by atoms with Crippen LogP contribution in [0.5, 0.6) is 0 Å². The topological polar surface area (TPSA) is 61.8 Å². The molecule has 0 radical (unpaired) electrons. The fraction of sp³-hybridized carbons (Fsp3) is 0.571.